The molecule has 0 heterocycles. The maximum absolute atomic E-state index is 13.7. The number of nitrogens with one attached hydrogen (secondary N) is 1. The van der Waals surface area contributed by atoms with Gasteiger partial charge in [0.25, 0.3) is 0 Å². The van der Waals surface area contributed by atoms with Crippen LogP contribution in [0, 0.1) is 15.4 Å². The number of hydrogen-bond donors (Lipinski definition) is 3. The number of amides is 2. The topological polar surface area (TPSA) is 125 Å². The number of aliphatic hydroxyl groups excluding tert-OH is 2. The predicted molar refractivity (Wildman–Crippen MR) is 151 cm³/mol. The second-order valence-electron chi connectivity index (χ2n) is 10.4. The Hall–Kier alpha value is -2.18. The van der Waals surface area contributed by atoms with E-state index < -0.39 is 18.2 Å². The number of hydrogen-bond acceptors (Lipinski definition) is 7. The van der Waals surface area contributed by atoms with Crippen molar-refractivity contribution in [3.05, 3.63) is 32.9 Å². The van der Waals surface area contributed by atoms with Gasteiger partial charge in [0.15, 0.2) is 11.5 Å². The van der Waals surface area contributed by atoms with Gasteiger partial charge in [0.05, 0.1) is 23.3 Å². The molecule has 9 nitrogen and oxygen atoms in total. The van der Waals surface area contributed by atoms with Crippen molar-refractivity contribution in [2.45, 2.75) is 70.6 Å². The quantitative estimate of drug-likeness (QED) is 0.237. The third-order valence-corrected chi connectivity index (χ3v) is 7.99. The second kappa shape index (κ2) is 14.3. The number of carbonyl (C=O) groups is 3. The van der Waals surface area contributed by atoms with Gasteiger partial charge in [0.1, 0.15) is 18.5 Å². The van der Waals surface area contributed by atoms with Crippen molar-refractivity contribution in [1.82, 2.24) is 10.2 Å². The number of nitrogens with zero attached hydrogens (tertiary/aromatic N) is 1. The first-order chi connectivity index (χ1) is 18.2. The minimum absolute atomic E-state index is 0.0189. The molecule has 38 heavy (non-hydrogen) atoms. The van der Waals surface area contributed by atoms with Gasteiger partial charge in [0.2, 0.25) is 11.8 Å². The first-order valence-electron chi connectivity index (χ1n) is 13.3. The van der Waals surface area contributed by atoms with Crippen molar-refractivity contribution in [2.24, 2.45) is 11.8 Å². The Labute approximate surface area is 238 Å². The van der Waals surface area contributed by atoms with E-state index in [2.05, 4.69) is 19.2 Å². The van der Waals surface area contributed by atoms with Crippen LogP contribution in [-0.4, -0.2) is 78.3 Å². The van der Waals surface area contributed by atoms with Crippen LogP contribution in [0.3, 0.4) is 0 Å². The van der Waals surface area contributed by atoms with E-state index in [-0.39, 0.29) is 37.3 Å². The average Bonchev–Trinajstić information content (AvgIpc) is 3.44. The van der Waals surface area contributed by atoms with Gasteiger partial charge in [-0.25, -0.2) is 0 Å². The van der Waals surface area contributed by atoms with Gasteiger partial charge < -0.3 is 29.9 Å². The van der Waals surface area contributed by atoms with Gasteiger partial charge >= 0.3 is 0 Å². The largest absolute Gasteiger partial charge is 0.493 e. The molecule has 3 unspecified atom stereocenters. The molecule has 0 bridgehead atoms. The lowest BCUT2D eigenvalue weighted by Crippen LogP contribution is -2.56. The van der Waals surface area contributed by atoms with E-state index in [0.717, 1.165) is 32.1 Å². The van der Waals surface area contributed by atoms with Crippen molar-refractivity contribution in [1.29, 1.82) is 0 Å². The molecule has 2 aliphatic carbocycles. The molecule has 0 saturated heterocycles. The van der Waals surface area contributed by atoms with Crippen LogP contribution in [0.1, 0.15) is 62.7 Å². The van der Waals surface area contributed by atoms with E-state index in [1.54, 1.807) is 23.1 Å². The summed E-state index contributed by atoms with van der Waals surface area (Å²) in [5.74, 6) is 0.581. The first kappa shape index (κ1) is 30.4. The van der Waals surface area contributed by atoms with Crippen molar-refractivity contribution >= 4 is 40.7 Å². The molecule has 0 aliphatic heterocycles. The van der Waals surface area contributed by atoms with E-state index in [1.807, 2.05) is 22.6 Å². The molecule has 2 aliphatic rings. The highest BCUT2D eigenvalue weighted by molar-refractivity contribution is 14.1. The van der Waals surface area contributed by atoms with Crippen molar-refractivity contribution in [2.75, 3.05) is 26.8 Å². The summed E-state index contributed by atoms with van der Waals surface area (Å²) in [5.41, 5.74) is 0.799. The van der Waals surface area contributed by atoms with Gasteiger partial charge in [-0.05, 0) is 66.0 Å². The molecular formula is C28H39IN2O7. The molecule has 1 aromatic carbocycles. The molecule has 3 rings (SSSR count). The lowest BCUT2D eigenvalue weighted by molar-refractivity contribution is -0.143. The first-order valence-corrected chi connectivity index (χ1v) is 14.4. The van der Waals surface area contributed by atoms with Crippen LogP contribution in [-0.2, 0) is 9.59 Å². The fraction of sp³-hybridized carbons (Fsp3) is 0.607. The molecule has 10 heteroatoms. The van der Waals surface area contributed by atoms with Gasteiger partial charge in [-0.1, -0.05) is 26.7 Å². The van der Waals surface area contributed by atoms with Crippen molar-refractivity contribution in [3.63, 3.8) is 0 Å². The van der Waals surface area contributed by atoms with Crippen LogP contribution in [0.15, 0.2) is 23.8 Å². The number of carbonyl (C=O) groups excluding carboxylic acids is 3. The third-order valence-electron chi connectivity index (χ3n) is 7.19. The number of aldehydes is 1. The molecule has 210 valence electrons. The maximum atomic E-state index is 13.7. The van der Waals surface area contributed by atoms with Crippen molar-refractivity contribution in [3.8, 4) is 11.5 Å². The van der Waals surface area contributed by atoms with E-state index in [0.29, 0.717) is 45.0 Å². The molecule has 0 radical (unpaired) electrons. The Morgan fingerprint density at radius 3 is 2.58 bits per heavy atom. The Morgan fingerprint density at radius 1 is 1.26 bits per heavy atom. The number of halogens is 1. The fourth-order valence-electron chi connectivity index (χ4n) is 5.08. The highest BCUT2D eigenvalue weighted by Gasteiger charge is 2.42. The molecule has 0 spiro atoms. The van der Waals surface area contributed by atoms with E-state index >= 15 is 0 Å². The lowest BCUT2D eigenvalue weighted by atomic mass is 9.87. The Morgan fingerprint density at radius 2 is 1.97 bits per heavy atom. The van der Waals surface area contributed by atoms with Gasteiger partial charge in [-0.15, -0.1) is 0 Å². The average molecular weight is 643 g/mol. The summed E-state index contributed by atoms with van der Waals surface area (Å²) >= 11 is 2.04. The van der Waals surface area contributed by atoms with E-state index in [4.69, 9.17) is 9.47 Å². The Kier molecular flexibility index (Phi) is 11.4. The molecule has 3 N–H and O–H groups in total. The van der Waals surface area contributed by atoms with Crippen molar-refractivity contribution < 1.29 is 34.1 Å². The number of aliphatic hydroxyl groups is 2. The number of rotatable bonds is 12. The van der Waals surface area contributed by atoms with Crippen LogP contribution in [0.2, 0.25) is 0 Å². The second-order valence-corrected chi connectivity index (χ2v) is 11.5. The molecule has 0 aromatic heterocycles. The molecule has 1 aromatic rings. The molecular weight excluding hydrogens is 603 g/mol. The zero-order valence-corrected chi connectivity index (χ0v) is 24.5. The van der Waals surface area contributed by atoms with Gasteiger partial charge in [0, 0.05) is 36.6 Å². The van der Waals surface area contributed by atoms with Gasteiger partial charge in [-0.3, -0.25) is 14.4 Å². The number of methoxy groups -OCH3 is 1. The Bertz CT molecular complexity index is 1020. The summed E-state index contributed by atoms with van der Waals surface area (Å²) in [4.78, 5) is 39.8. The van der Waals surface area contributed by atoms with Crippen LogP contribution in [0.25, 0.3) is 0 Å². The highest BCUT2D eigenvalue weighted by Crippen LogP contribution is 2.37. The summed E-state index contributed by atoms with van der Waals surface area (Å²) in [6.07, 6.45) is 4.86. The van der Waals surface area contributed by atoms with E-state index in [9.17, 15) is 24.6 Å². The zero-order valence-electron chi connectivity index (χ0n) is 22.3. The summed E-state index contributed by atoms with van der Waals surface area (Å²) in [6.45, 7) is 4.54. The smallest absolute Gasteiger partial charge is 0.247 e. The SMILES string of the molecule is COc1cc(C=O)cc(I)c1OC1C=C(C(=O)NCCO)CC(N(CCC(C)C)C(=O)C2CCCC2)C1O. The third kappa shape index (κ3) is 7.47. The highest BCUT2D eigenvalue weighted by atomic mass is 127. The Balaban J connectivity index is 1.99. The maximum Gasteiger partial charge on any atom is 0.247 e. The zero-order chi connectivity index (χ0) is 27.8. The number of ether oxygens (including phenoxy) is 2. The lowest BCUT2D eigenvalue weighted by Gasteiger charge is -2.41. The normalized spacial score (nSPS) is 21.7. The van der Waals surface area contributed by atoms with Crippen LogP contribution in [0.4, 0.5) is 0 Å². The minimum atomic E-state index is -1.10. The standard InChI is InChI=1S/C28H39IN2O7/c1-17(2)8-10-31(28(36)19-6-4-5-7-19)22-14-20(27(35)30-9-11-32)15-23(25(22)34)38-26-21(29)12-18(16-33)13-24(26)37-3/h12-13,15-17,19,22-23,25,32,34H,4-11,14H2,1-3H3,(H,30,35). The summed E-state index contributed by atoms with van der Waals surface area (Å²) < 4.78 is 12.3. The monoisotopic (exact) mass is 642 g/mol. The molecule has 3 atom stereocenters. The molecule has 1 saturated carbocycles. The summed E-state index contributed by atoms with van der Waals surface area (Å²) in [5, 5.41) is 23.5. The van der Waals surface area contributed by atoms with E-state index in [1.165, 1.54) is 7.11 Å². The minimum Gasteiger partial charge on any atom is -0.493 e. The number of benzene rings is 1. The molecule has 2 amide bonds. The summed E-state index contributed by atoms with van der Waals surface area (Å²) in [6, 6.07) is 2.54. The van der Waals surface area contributed by atoms with Crippen LogP contribution >= 0.6 is 22.6 Å². The van der Waals surface area contributed by atoms with Gasteiger partial charge in [-0.2, -0.15) is 0 Å². The fourth-order valence-corrected chi connectivity index (χ4v) is 5.83. The predicted octanol–water partition coefficient (Wildman–Crippen LogP) is 3.09. The van der Waals surface area contributed by atoms with Crippen LogP contribution in [0.5, 0.6) is 11.5 Å². The summed E-state index contributed by atoms with van der Waals surface area (Å²) in [7, 11) is 1.46. The molecule has 1 fully saturated rings. The van der Waals surface area contributed by atoms with Crippen LogP contribution < -0.4 is 14.8 Å².